The minimum atomic E-state index is -0.510. The molecule has 0 aliphatic rings. The summed E-state index contributed by atoms with van der Waals surface area (Å²) in [6.07, 6.45) is 0.877. The standard InChI is InChI=1S/C9H21N2O2/c1-8(10)9(12)13-7-5-6-11(2,3)4/h8H,5-7,10H2,1-4H3/q+1. The number of nitrogens with zero attached hydrogens (tertiary/aromatic N) is 1. The molecule has 0 rings (SSSR count). The van der Waals surface area contributed by atoms with Crippen LogP contribution in [-0.2, 0) is 9.53 Å². The molecular formula is C9H21N2O2+. The minimum absolute atomic E-state index is 0.318. The third-order valence-corrected chi connectivity index (χ3v) is 1.59. The number of carbonyl (C=O) groups excluding carboxylic acids is 1. The normalized spacial score (nSPS) is 13.9. The maximum absolute atomic E-state index is 10.9. The zero-order chi connectivity index (χ0) is 10.5. The number of nitrogens with two attached hydrogens (primary N) is 1. The molecular weight excluding hydrogens is 168 g/mol. The summed E-state index contributed by atoms with van der Waals surface area (Å²) in [5, 5.41) is 0. The Balaban J connectivity index is 3.42. The molecule has 0 amide bonds. The fourth-order valence-corrected chi connectivity index (χ4v) is 0.843. The second-order valence-electron chi connectivity index (χ2n) is 4.32. The van der Waals surface area contributed by atoms with Crippen molar-refractivity contribution in [1.82, 2.24) is 0 Å². The summed E-state index contributed by atoms with van der Waals surface area (Å²) in [4.78, 5) is 10.9. The van der Waals surface area contributed by atoms with Crippen LogP contribution in [0.2, 0.25) is 0 Å². The molecule has 2 N–H and O–H groups in total. The fraction of sp³-hybridized carbons (Fsp3) is 0.889. The molecule has 0 saturated heterocycles. The predicted molar refractivity (Wildman–Crippen MR) is 52.1 cm³/mol. The molecule has 13 heavy (non-hydrogen) atoms. The van der Waals surface area contributed by atoms with Crippen LogP contribution in [-0.4, -0.2) is 50.8 Å². The van der Waals surface area contributed by atoms with Crippen LogP contribution in [0.25, 0.3) is 0 Å². The molecule has 0 aromatic rings. The van der Waals surface area contributed by atoms with Gasteiger partial charge in [0.25, 0.3) is 0 Å². The summed E-state index contributed by atoms with van der Waals surface area (Å²) >= 11 is 0. The first-order chi connectivity index (χ1) is 5.83. The highest BCUT2D eigenvalue weighted by Crippen LogP contribution is 1.94. The van der Waals surface area contributed by atoms with Gasteiger partial charge in [-0.2, -0.15) is 0 Å². The zero-order valence-electron chi connectivity index (χ0n) is 9.04. The van der Waals surface area contributed by atoms with Gasteiger partial charge in [0.1, 0.15) is 6.04 Å². The van der Waals surface area contributed by atoms with E-state index in [1.807, 2.05) is 0 Å². The highest BCUT2D eigenvalue weighted by atomic mass is 16.5. The van der Waals surface area contributed by atoms with Crippen molar-refractivity contribution in [2.75, 3.05) is 34.3 Å². The number of quaternary nitrogens is 1. The van der Waals surface area contributed by atoms with Crippen LogP contribution < -0.4 is 5.73 Å². The molecule has 0 fully saturated rings. The van der Waals surface area contributed by atoms with Crippen LogP contribution in [0, 0.1) is 0 Å². The number of rotatable bonds is 5. The molecule has 78 valence electrons. The van der Waals surface area contributed by atoms with E-state index >= 15 is 0 Å². The molecule has 1 unspecified atom stereocenters. The van der Waals surface area contributed by atoms with Crippen molar-refractivity contribution in [2.24, 2.45) is 5.73 Å². The van der Waals surface area contributed by atoms with E-state index in [4.69, 9.17) is 10.5 Å². The van der Waals surface area contributed by atoms with Gasteiger partial charge in [0.05, 0.1) is 34.3 Å². The third-order valence-electron chi connectivity index (χ3n) is 1.59. The Morgan fingerprint density at radius 2 is 2.00 bits per heavy atom. The molecule has 0 bridgehead atoms. The lowest BCUT2D eigenvalue weighted by molar-refractivity contribution is -0.870. The molecule has 0 radical (unpaired) electrons. The fourth-order valence-electron chi connectivity index (χ4n) is 0.843. The molecule has 0 aliphatic heterocycles. The van der Waals surface area contributed by atoms with Crippen molar-refractivity contribution in [1.29, 1.82) is 0 Å². The van der Waals surface area contributed by atoms with Gasteiger partial charge in [0, 0.05) is 6.42 Å². The molecule has 0 saturated carbocycles. The monoisotopic (exact) mass is 189 g/mol. The number of ether oxygens (including phenoxy) is 1. The zero-order valence-corrected chi connectivity index (χ0v) is 9.04. The highest BCUT2D eigenvalue weighted by Gasteiger charge is 2.10. The Morgan fingerprint density at radius 3 is 2.38 bits per heavy atom. The van der Waals surface area contributed by atoms with Crippen molar-refractivity contribution >= 4 is 5.97 Å². The number of hydrogen-bond acceptors (Lipinski definition) is 3. The van der Waals surface area contributed by atoms with Crippen LogP contribution in [0.5, 0.6) is 0 Å². The molecule has 1 atom stereocenters. The lowest BCUT2D eigenvalue weighted by Crippen LogP contribution is -2.36. The van der Waals surface area contributed by atoms with Crippen molar-refractivity contribution in [2.45, 2.75) is 19.4 Å². The van der Waals surface area contributed by atoms with Gasteiger partial charge in [-0.05, 0) is 6.92 Å². The van der Waals surface area contributed by atoms with Gasteiger partial charge in [-0.25, -0.2) is 0 Å². The summed E-state index contributed by atoms with van der Waals surface area (Å²) in [7, 11) is 6.31. The maximum atomic E-state index is 10.9. The van der Waals surface area contributed by atoms with Gasteiger partial charge in [-0.1, -0.05) is 0 Å². The van der Waals surface area contributed by atoms with Crippen LogP contribution in [0.1, 0.15) is 13.3 Å². The third kappa shape index (κ3) is 7.74. The van der Waals surface area contributed by atoms with Crippen LogP contribution in [0.3, 0.4) is 0 Å². The number of esters is 1. The SMILES string of the molecule is CC(N)C(=O)OCCC[N+](C)(C)C. The summed E-state index contributed by atoms with van der Waals surface area (Å²) in [5.74, 6) is -0.318. The first-order valence-corrected chi connectivity index (χ1v) is 4.55. The lowest BCUT2D eigenvalue weighted by Gasteiger charge is -2.23. The average Bonchev–Trinajstić information content (AvgIpc) is 1.95. The van der Waals surface area contributed by atoms with Gasteiger partial charge in [0.2, 0.25) is 0 Å². The average molecular weight is 189 g/mol. The number of hydrogen-bond donors (Lipinski definition) is 1. The Morgan fingerprint density at radius 1 is 1.46 bits per heavy atom. The Hall–Kier alpha value is -0.610. The maximum Gasteiger partial charge on any atom is 0.322 e. The van der Waals surface area contributed by atoms with E-state index in [-0.39, 0.29) is 5.97 Å². The highest BCUT2D eigenvalue weighted by molar-refractivity contribution is 5.74. The van der Waals surface area contributed by atoms with Crippen LogP contribution in [0.4, 0.5) is 0 Å². The van der Waals surface area contributed by atoms with Crippen molar-refractivity contribution < 1.29 is 14.0 Å². The molecule has 0 spiro atoms. The Bertz CT molecular complexity index is 161. The predicted octanol–water partition coefficient (Wildman–Crippen LogP) is -0.0269. The molecule has 4 nitrogen and oxygen atoms in total. The summed E-state index contributed by atoms with van der Waals surface area (Å²) in [6, 6.07) is -0.510. The molecule has 4 heteroatoms. The van der Waals surface area contributed by atoms with E-state index < -0.39 is 6.04 Å². The Labute approximate surface area is 80.2 Å². The second kappa shape index (κ2) is 5.19. The molecule has 0 aliphatic carbocycles. The van der Waals surface area contributed by atoms with Gasteiger partial charge < -0.3 is 15.0 Å². The number of carbonyl (C=O) groups is 1. The van der Waals surface area contributed by atoms with E-state index in [0.717, 1.165) is 17.4 Å². The van der Waals surface area contributed by atoms with E-state index in [1.54, 1.807) is 6.92 Å². The smallest absolute Gasteiger partial charge is 0.322 e. The van der Waals surface area contributed by atoms with E-state index in [9.17, 15) is 4.79 Å². The largest absolute Gasteiger partial charge is 0.464 e. The van der Waals surface area contributed by atoms with E-state index in [0.29, 0.717) is 6.61 Å². The van der Waals surface area contributed by atoms with Gasteiger partial charge >= 0.3 is 5.97 Å². The summed E-state index contributed by atoms with van der Waals surface area (Å²) in [5.41, 5.74) is 5.33. The lowest BCUT2D eigenvalue weighted by atomic mass is 10.3. The van der Waals surface area contributed by atoms with Crippen molar-refractivity contribution in [3.05, 3.63) is 0 Å². The molecule has 0 heterocycles. The quantitative estimate of drug-likeness (QED) is 0.375. The summed E-state index contributed by atoms with van der Waals surface area (Å²) < 4.78 is 5.81. The van der Waals surface area contributed by atoms with Gasteiger partial charge in [-0.15, -0.1) is 0 Å². The van der Waals surface area contributed by atoms with E-state index in [1.165, 1.54) is 0 Å². The van der Waals surface area contributed by atoms with Crippen LogP contribution in [0.15, 0.2) is 0 Å². The van der Waals surface area contributed by atoms with Crippen molar-refractivity contribution in [3.8, 4) is 0 Å². The Kier molecular flexibility index (Phi) is 4.95. The second-order valence-corrected chi connectivity index (χ2v) is 4.32. The first kappa shape index (κ1) is 12.4. The van der Waals surface area contributed by atoms with Crippen LogP contribution >= 0.6 is 0 Å². The molecule has 0 aromatic heterocycles. The molecule has 0 aromatic carbocycles. The minimum Gasteiger partial charge on any atom is -0.464 e. The van der Waals surface area contributed by atoms with E-state index in [2.05, 4.69) is 21.1 Å². The summed E-state index contributed by atoms with van der Waals surface area (Å²) in [6.45, 7) is 3.09. The van der Waals surface area contributed by atoms with Gasteiger partial charge in [0.15, 0.2) is 0 Å². The van der Waals surface area contributed by atoms with Crippen molar-refractivity contribution in [3.63, 3.8) is 0 Å². The first-order valence-electron chi connectivity index (χ1n) is 4.55. The van der Waals surface area contributed by atoms with Gasteiger partial charge in [-0.3, -0.25) is 4.79 Å². The topological polar surface area (TPSA) is 52.3 Å².